The fourth-order valence-electron chi connectivity index (χ4n) is 2.98. The molecule has 0 radical (unpaired) electrons. The Morgan fingerprint density at radius 3 is 2.62 bits per heavy atom. The molecule has 1 aliphatic heterocycles. The number of amides is 1. The molecule has 1 fully saturated rings. The molecule has 3 rings (SSSR count). The van der Waals surface area contributed by atoms with Crippen molar-refractivity contribution in [3.63, 3.8) is 0 Å². The van der Waals surface area contributed by atoms with E-state index in [0.717, 1.165) is 15.6 Å². The van der Waals surface area contributed by atoms with Gasteiger partial charge in [-0.3, -0.25) is 9.69 Å². The van der Waals surface area contributed by atoms with Gasteiger partial charge in [0.05, 0.1) is 11.9 Å². The van der Waals surface area contributed by atoms with E-state index in [-0.39, 0.29) is 18.1 Å². The number of ether oxygens (including phenoxy) is 1. The second kappa shape index (κ2) is 9.29. The second-order valence-corrected chi connectivity index (χ2v) is 8.57. The molecule has 0 aliphatic carbocycles. The van der Waals surface area contributed by atoms with Gasteiger partial charge in [0.1, 0.15) is 11.1 Å². The Morgan fingerprint density at radius 1 is 1.28 bits per heavy atom. The maximum Gasteiger partial charge on any atom is 0.351 e. The minimum Gasteiger partial charge on any atom is -0.462 e. The number of thioether (sulfide) groups is 1. The summed E-state index contributed by atoms with van der Waals surface area (Å²) in [6, 6.07) is 17.1. The second-order valence-electron chi connectivity index (χ2n) is 6.46. The van der Waals surface area contributed by atoms with Crippen LogP contribution in [0.1, 0.15) is 18.1 Å². The first kappa shape index (κ1) is 21.2. The molecule has 0 N–H and O–H groups in total. The van der Waals surface area contributed by atoms with Crippen LogP contribution in [0.25, 0.3) is 0 Å². The molecule has 1 heterocycles. The largest absolute Gasteiger partial charge is 0.462 e. The molecule has 0 spiro atoms. The summed E-state index contributed by atoms with van der Waals surface area (Å²) in [4.78, 5) is 27.1. The van der Waals surface area contributed by atoms with E-state index in [1.807, 2.05) is 61.5 Å². The van der Waals surface area contributed by atoms with E-state index in [9.17, 15) is 14.9 Å². The summed E-state index contributed by atoms with van der Waals surface area (Å²) < 4.78 is 5.97. The van der Waals surface area contributed by atoms with Crippen molar-refractivity contribution in [2.45, 2.75) is 25.5 Å². The van der Waals surface area contributed by atoms with Gasteiger partial charge in [0.25, 0.3) is 0 Å². The van der Waals surface area contributed by atoms with E-state index in [0.29, 0.717) is 17.1 Å². The molecule has 0 aromatic heterocycles. The highest BCUT2D eigenvalue weighted by Crippen LogP contribution is 2.42. The molecule has 1 atom stereocenters. The normalized spacial score (nSPS) is 17.8. The van der Waals surface area contributed by atoms with Crippen LogP contribution in [-0.4, -0.2) is 23.7 Å². The fraction of sp³-hybridized carbons (Fsp3) is 0.227. The van der Waals surface area contributed by atoms with Crippen LogP contribution < -0.4 is 4.90 Å². The van der Waals surface area contributed by atoms with Crippen LogP contribution in [0.4, 0.5) is 5.69 Å². The number of rotatable bonds is 5. The number of halogens is 1. The molecular formula is C22H19BrN2O3S. The lowest BCUT2D eigenvalue weighted by molar-refractivity contribution is -0.138. The van der Waals surface area contributed by atoms with E-state index in [1.165, 1.54) is 16.7 Å². The van der Waals surface area contributed by atoms with Gasteiger partial charge < -0.3 is 4.74 Å². The van der Waals surface area contributed by atoms with E-state index < -0.39 is 11.2 Å². The van der Waals surface area contributed by atoms with Crippen molar-refractivity contribution in [2.24, 2.45) is 0 Å². The quantitative estimate of drug-likeness (QED) is 0.358. The molecule has 1 amide bonds. The Balaban J connectivity index is 2.03. The van der Waals surface area contributed by atoms with Gasteiger partial charge in [0.15, 0.2) is 5.57 Å². The molecule has 1 unspecified atom stereocenters. The van der Waals surface area contributed by atoms with Gasteiger partial charge in [-0.2, -0.15) is 5.26 Å². The molecule has 148 valence electrons. The number of nitrogens with zero attached hydrogens (tertiary/aromatic N) is 2. The molecular weight excluding hydrogens is 452 g/mol. The van der Waals surface area contributed by atoms with E-state index in [1.54, 1.807) is 6.92 Å². The zero-order valence-electron chi connectivity index (χ0n) is 16.0. The predicted octanol–water partition coefficient (Wildman–Crippen LogP) is 4.75. The van der Waals surface area contributed by atoms with E-state index in [4.69, 9.17) is 4.74 Å². The number of aryl methyl sites for hydroxylation is 1. The van der Waals surface area contributed by atoms with Crippen molar-refractivity contribution >= 4 is 45.3 Å². The zero-order chi connectivity index (χ0) is 21.0. The third kappa shape index (κ3) is 4.72. The lowest BCUT2D eigenvalue weighted by Gasteiger charge is -2.18. The van der Waals surface area contributed by atoms with Crippen LogP contribution in [-0.2, 0) is 20.7 Å². The Labute approximate surface area is 182 Å². The topological polar surface area (TPSA) is 70.4 Å². The van der Waals surface area contributed by atoms with Crippen molar-refractivity contribution in [1.29, 1.82) is 5.26 Å². The van der Waals surface area contributed by atoms with Crippen LogP contribution in [0, 0.1) is 18.3 Å². The van der Waals surface area contributed by atoms with Crippen LogP contribution in [0.2, 0.25) is 0 Å². The van der Waals surface area contributed by atoms with E-state index in [2.05, 4.69) is 15.9 Å². The van der Waals surface area contributed by atoms with E-state index >= 15 is 0 Å². The van der Waals surface area contributed by atoms with Crippen LogP contribution >= 0.6 is 27.7 Å². The van der Waals surface area contributed by atoms with Gasteiger partial charge in [-0.05, 0) is 50.1 Å². The molecule has 1 aliphatic rings. The van der Waals surface area contributed by atoms with Crippen molar-refractivity contribution in [3.8, 4) is 6.07 Å². The summed E-state index contributed by atoms with van der Waals surface area (Å²) >= 11 is 4.68. The highest BCUT2D eigenvalue weighted by Gasteiger charge is 2.41. The van der Waals surface area contributed by atoms with Gasteiger partial charge >= 0.3 is 5.97 Å². The summed E-state index contributed by atoms with van der Waals surface area (Å²) in [6.45, 7) is 3.79. The number of esters is 1. The standard InChI is InChI=1S/C22H19BrN2O3S/c1-3-28-22(27)18(13-24)21-25(17-9-7-14(2)8-10-17)20(26)19(29-21)12-15-5-4-6-16(23)11-15/h4-11,19H,3,12H2,1-2H3. The minimum atomic E-state index is -0.717. The average molecular weight is 471 g/mol. The molecule has 2 aromatic rings. The number of carbonyl (C=O) groups is 2. The zero-order valence-corrected chi connectivity index (χ0v) is 18.4. The third-order valence-electron chi connectivity index (χ3n) is 4.36. The average Bonchev–Trinajstić information content (AvgIpc) is 2.99. The summed E-state index contributed by atoms with van der Waals surface area (Å²) in [5.74, 6) is -0.878. The van der Waals surface area contributed by atoms with Crippen LogP contribution in [0.3, 0.4) is 0 Å². The molecule has 0 saturated carbocycles. The number of carbonyl (C=O) groups excluding carboxylic acids is 2. The summed E-state index contributed by atoms with van der Waals surface area (Å²) in [5, 5.41) is 9.50. The Kier molecular flexibility index (Phi) is 6.78. The first-order valence-corrected chi connectivity index (χ1v) is 10.7. The summed E-state index contributed by atoms with van der Waals surface area (Å²) in [6.07, 6.45) is 0.482. The highest BCUT2D eigenvalue weighted by atomic mass is 79.9. The monoisotopic (exact) mass is 470 g/mol. The first-order chi connectivity index (χ1) is 13.9. The van der Waals surface area contributed by atoms with Crippen LogP contribution in [0.15, 0.2) is 63.6 Å². The Hall–Kier alpha value is -2.56. The fourth-order valence-corrected chi connectivity index (χ4v) is 4.73. The smallest absolute Gasteiger partial charge is 0.351 e. The van der Waals surface area contributed by atoms with Gasteiger partial charge in [-0.15, -0.1) is 0 Å². The molecule has 0 bridgehead atoms. The summed E-state index contributed by atoms with van der Waals surface area (Å²) in [7, 11) is 0. The number of hydrogen-bond acceptors (Lipinski definition) is 5. The van der Waals surface area contributed by atoms with Crippen molar-refractivity contribution in [3.05, 3.63) is 74.7 Å². The Bertz CT molecular complexity index is 1010. The highest BCUT2D eigenvalue weighted by molar-refractivity contribution is 9.10. The van der Waals surface area contributed by atoms with Gasteiger partial charge in [-0.1, -0.05) is 57.5 Å². The minimum absolute atomic E-state index is 0.150. The maximum atomic E-state index is 13.3. The van der Waals surface area contributed by atoms with Gasteiger partial charge in [-0.25, -0.2) is 4.79 Å². The first-order valence-electron chi connectivity index (χ1n) is 9.07. The molecule has 29 heavy (non-hydrogen) atoms. The lowest BCUT2D eigenvalue weighted by Crippen LogP contribution is -2.30. The number of hydrogen-bond donors (Lipinski definition) is 0. The SMILES string of the molecule is CCOC(=O)C(C#N)=C1SC(Cc2cccc(Br)c2)C(=O)N1c1ccc(C)cc1. The van der Waals surface area contributed by atoms with Crippen molar-refractivity contribution in [2.75, 3.05) is 11.5 Å². The van der Waals surface area contributed by atoms with Crippen molar-refractivity contribution < 1.29 is 14.3 Å². The van der Waals surface area contributed by atoms with Crippen molar-refractivity contribution in [1.82, 2.24) is 0 Å². The number of anilines is 1. The molecule has 2 aromatic carbocycles. The summed E-state index contributed by atoms with van der Waals surface area (Å²) in [5.41, 5.74) is 2.51. The third-order valence-corrected chi connectivity index (χ3v) is 6.12. The molecule has 1 saturated heterocycles. The number of benzene rings is 2. The molecule has 7 heteroatoms. The van der Waals surface area contributed by atoms with Crippen LogP contribution in [0.5, 0.6) is 0 Å². The lowest BCUT2D eigenvalue weighted by atomic mass is 10.1. The molecule has 5 nitrogen and oxygen atoms in total. The predicted molar refractivity (Wildman–Crippen MR) is 117 cm³/mol. The number of nitriles is 1. The van der Waals surface area contributed by atoms with Gasteiger partial charge in [0, 0.05) is 10.2 Å². The Morgan fingerprint density at radius 2 is 2.00 bits per heavy atom. The maximum absolute atomic E-state index is 13.3. The van der Waals surface area contributed by atoms with Gasteiger partial charge in [0.2, 0.25) is 5.91 Å².